The zero-order valence-corrected chi connectivity index (χ0v) is 11.0. The topological polar surface area (TPSA) is 41.5 Å². The van der Waals surface area contributed by atoms with Crippen LogP contribution in [-0.2, 0) is 6.54 Å². The molecule has 1 aromatic rings. The third-order valence-electron chi connectivity index (χ3n) is 2.93. The fourth-order valence-electron chi connectivity index (χ4n) is 1.84. The molecule has 0 aliphatic rings. The normalized spacial score (nSPS) is 10.6. The number of nitrogens with one attached hydrogen (secondary N) is 1. The van der Waals surface area contributed by atoms with Gasteiger partial charge in [0.1, 0.15) is 5.75 Å². The van der Waals surface area contributed by atoms with E-state index in [1.165, 1.54) is 16.7 Å². The van der Waals surface area contributed by atoms with E-state index in [9.17, 15) is 0 Å². The lowest BCUT2D eigenvalue weighted by Crippen LogP contribution is -2.16. The Morgan fingerprint density at radius 2 is 1.94 bits per heavy atom. The van der Waals surface area contributed by atoms with Gasteiger partial charge >= 0.3 is 0 Å². The van der Waals surface area contributed by atoms with Crippen molar-refractivity contribution in [3.8, 4) is 5.75 Å². The quantitative estimate of drug-likeness (QED) is 0.714. The lowest BCUT2D eigenvalue weighted by atomic mass is 10.0. The molecule has 0 saturated heterocycles. The summed E-state index contributed by atoms with van der Waals surface area (Å²) in [5.74, 6) is 0.950. The molecule has 3 heteroatoms. The number of aliphatic hydroxyl groups excluding tert-OH is 1. The largest absolute Gasteiger partial charge is 0.496 e. The molecule has 0 aliphatic heterocycles. The van der Waals surface area contributed by atoms with Crippen molar-refractivity contribution in [3.63, 3.8) is 0 Å². The maximum atomic E-state index is 8.68. The van der Waals surface area contributed by atoms with Crippen LogP contribution in [0.2, 0.25) is 0 Å². The van der Waals surface area contributed by atoms with Crippen molar-refractivity contribution in [3.05, 3.63) is 28.8 Å². The Morgan fingerprint density at radius 3 is 2.59 bits per heavy atom. The van der Waals surface area contributed by atoms with Crippen molar-refractivity contribution in [1.29, 1.82) is 0 Å². The van der Waals surface area contributed by atoms with Gasteiger partial charge in [0, 0.05) is 13.2 Å². The number of unbranched alkanes of at least 4 members (excludes halogenated alkanes) is 1. The van der Waals surface area contributed by atoms with Crippen LogP contribution < -0.4 is 10.1 Å². The molecule has 0 heterocycles. The lowest BCUT2D eigenvalue weighted by molar-refractivity contribution is 0.283. The molecule has 0 amide bonds. The maximum Gasteiger partial charge on any atom is 0.122 e. The van der Waals surface area contributed by atoms with E-state index in [1.807, 2.05) is 0 Å². The van der Waals surface area contributed by atoms with Crippen LogP contribution in [0.3, 0.4) is 0 Å². The van der Waals surface area contributed by atoms with Gasteiger partial charge in [-0.15, -0.1) is 0 Å². The number of hydrogen-bond acceptors (Lipinski definition) is 3. The molecule has 0 atom stereocenters. The second-order valence-corrected chi connectivity index (χ2v) is 4.36. The van der Waals surface area contributed by atoms with Gasteiger partial charge in [0.2, 0.25) is 0 Å². The molecule has 3 nitrogen and oxygen atoms in total. The van der Waals surface area contributed by atoms with E-state index in [0.717, 1.165) is 31.7 Å². The van der Waals surface area contributed by atoms with E-state index >= 15 is 0 Å². The summed E-state index contributed by atoms with van der Waals surface area (Å²) >= 11 is 0. The first-order chi connectivity index (χ1) is 8.19. The molecule has 0 aliphatic carbocycles. The van der Waals surface area contributed by atoms with Gasteiger partial charge in [-0.3, -0.25) is 0 Å². The van der Waals surface area contributed by atoms with E-state index in [4.69, 9.17) is 9.84 Å². The minimum absolute atomic E-state index is 0.280. The Labute approximate surface area is 104 Å². The minimum Gasteiger partial charge on any atom is -0.496 e. The summed E-state index contributed by atoms with van der Waals surface area (Å²) in [5, 5.41) is 12.1. The Morgan fingerprint density at radius 1 is 1.18 bits per heavy atom. The van der Waals surface area contributed by atoms with Crippen LogP contribution in [0, 0.1) is 13.8 Å². The molecular weight excluding hydrogens is 214 g/mol. The molecule has 0 saturated carbocycles. The molecule has 1 aromatic carbocycles. The molecule has 0 bridgehead atoms. The number of methoxy groups -OCH3 is 1. The molecule has 0 spiro atoms. The summed E-state index contributed by atoms with van der Waals surface area (Å²) in [4.78, 5) is 0. The minimum atomic E-state index is 0.280. The first kappa shape index (κ1) is 14.0. The summed E-state index contributed by atoms with van der Waals surface area (Å²) in [5.41, 5.74) is 3.74. The Kier molecular flexibility index (Phi) is 6.01. The van der Waals surface area contributed by atoms with Crippen LogP contribution >= 0.6 is 0 Å². The van der Waals surface area contributed by atoms with Crippen LogP contribution in [-0.4, -0.2) is 25.4 Å². The Bertz CT molecular complexity index is 350. The predicted molar refractivity (Wildman–Crippen MR) is 70.5 cm³/mol. The number of aliphatic hydroxyl groups is 1. The lowest BCUT2D eigenvalue weighted by Gasteiger charge is -2.12. The van der Waals surface area contributed by atoms with Crippen LogP contribution in [0.15, 0.2) is 12.1 Å². The highest BCUT2D eigenvalue weighted by Crippen LogP contribution is 2.22. The molecule has 96 valence electrons. The molecule has 0 aromatic heterocycles. The van der Waals surface area contributed by atoms with Crippen molar-refractivity contribution in [2.75, 3.05) is 20.3 Å². The van der Waals surface area contributed by atoms with Gasteiger partial charge in [0.25, 0.3) is 0 Å². The zero-order valence-electron chi connectivity index (χ0n) is 11.0. The summed E-state index contributed by atoms with van der Waals surface area (Å²) in [6.07, 6.45) is 1.89. The van der Waals surface area contributed by atoms with E-state index in [1.54, 1.807) is 7.11 Å². The van der Waals surface area contributed by atoms with Crippen molar-refractivity contribution < 1.29 is 9.84 Å². The van der Waals surface area contributed by atoms with Crippen molar-refractivity contribution in [2.24, 2.45) is 0 Å². The molecule has 0 radical (unpaired) electrons. The number of benzene rings is 1. The first-order valence-electron chi connectivity index (χ1n) is 6.14. The van der Waals surface area contributed by atoms with Gasteiger partial charge in [-0.1, -0.05) is 6.07 Å². The third-order valence-corrected chi connectivity index (χ3v) is 2.93. The SMILES string of the molecule is COc1cc(C)c(CNCCCCO)cc1C. The Hall–Kier alpha value is -1.06. The highest BCUT2D eigenvalue weighted by molar-refractivity contribution is 5.41. The van der Waals surface area contributed by atoms with Crippen molar-refractivity contribution in [1.82, 2.24) is 5.32 Å². The van der Waals surface area contributed by atoms with Crippen molar-refractivity contribution >= 4 is 0 Å². The monoisotopic (exact) mass is 237 g/mol. The van der Waals surface area contributed by atoms with Gasteiger partial charge in [-0.25, -0.2) is 0 Å². The number of hydrogen-bond donors (Lipinski definition) is 2. The number of ether oxygens (including phenoxy) is 1. The summed E-state index contributed by atoms with van der Waals surface area (Å²) in [6, 6.07) is 4.26. The summed E-state index contributed by atoms with van der Waals surface area (Å²) in [6.45, 7) is 6.27. The second-order valence-electron chi connectivity index (χ2n) is 4.36. The fraction of sp³-hybridized carbons (Fsp3) is 0.571. The third kappa shape index (κ3) is 4.36. The standard InChI is InChI=1S/C14H23NO2/c1-11-9-14(17-3)12(2)8-13(11)10-15-6-4-5-7-16/h8-9,15-16H,4-7,10H2,1-3H3. The average molecular weight is 237 g/mol. The zero-order chi connectivity index (χ0) is 12.7. The summed E-state index contributed by atoms with van der Waals surface area (Å²) < 4.78 is 5.29. The van der Waals surface area contributed by atoms with E-state index in [-0.39, 0.29) is 6.61 Å². The molecule has 0 fully saturated rings. The van der Waals surface area contributed by atoms with Crippen LogP contribution in [0.25, 0.3) is 0 Å². The van der Waals surface area contributed by atoms with Crippen LogP contribution in [0.5, 0.6) is 5.75 Å². The number of aryl methyl sites for hydroxylation is 2. The van der Waals surface area contributed by atoms with Crippen LogP contribution in [0.1, 0.15) is 29.5 Å². The van der Waals surface area contributed by atoms with E-state index < -0.39 is 0 Å². The summed E-state index contributed by atoms with van der Waals surface area (Å²) in [7, 11) is 1.70. The molecular formula is C14H23NO2. The molecule has 0 unspecified atom stereocenters. The average Bonchev–Trinajstić information content (AvgIpc) is 2.32. The molecule has 2 N–H and O–H groups in total. The highest BCUT2D eigenvalue weighted by atomic mass is 16.5. The smallest absolute Gasteiger partial charge is 0.122 e. The van der Waals surface area contributed by atoms with Crippen molar-refractivity contribution in [2.45, 2.75) is 33.2 Å². The predicted octanol–water partition coefficient (Wildman–Crippen LogP) is 2.17. The van der Waals surface area contributed by atoms with Gasteiger partial charge in [-0.05, 0) is 56.0 Å². The second kappa shape index (κ2) is 7.30. The van der Waals surface area contributed by atoms with Crippen LogP contribution in [0.4, 0.5) is 0 Å². The van der Waals surface area contributed by atoms with Gasteiger partial charge in [0.15, 0.2) is 0 Å². The van der Waals surface area contributed by atoms with Gasteiger partial charge in [-0.2, -0.15) is 0 Å². The molecule has 1 rings (SSSR count). The first-order valence-corrected chi connectivity index (χ1v) is 6.14. The highest BCUT2D eigenvalue weighted by Gasteiger charge is 2.04. The van der Waals surface area contributed by atoms with E-state index in [2.05, 4.69) is 31.3 Å². The fourth-order valence-corrected chi connectivity index (χ4v) is 1.84. The van der Waals surface area contributed by atoms with E-state index in [0.29, 0.717) is 0 Å². The van der Waals surface area contributed by atoms with Gasteiger partial charge in [0.05, 0.1) is 7.11 Å². The van der Waals surface area contributed by atoms with Gasteiger partial charge < -0.3 is 15.2 Å². The Balaban J connectivity index is 2.51. The molecule has 17 heavy (non-hydrogen) atoms. The number of rotatable bonds is 7. The maximum absolute atomic E-state index is 8.68.